The van der Waals surface area contributed by atoms with E-state index in [2.05, 4.69) is 19.9 Å². The van der Waals surface area contributed by atoms with Gasteiger partial charge < -0.3 is 0 Å². The van der Waals surface area contributed by atoms with Crippen LogP contribution in [-0.2, 0) is 9.59 Å². The molecule has 0 radical (unpaired) electrons. The molecule has 136 valence electrons. The van der Waals surface area contributed by atoms with Crippen LogP contribution in [0.5, 0.6) is 0 Å². The van der Waals surface area contributed by atoms with Crippen LogP contribution in [0, 0.1) is 22.7 Å². The normalized spacial score (nSPS) is 40.1. The van der Waals surface area contributed by atoms with Crippen molar-refractivity contribution in [3.05, 3.63) is 23.3 Å². The van der Waals surface area contributed by atoms with E-state index in [1.807, 2.05) is 17.8 Å². The largest absolute Gasteiger partial charge is 0.299 e. The van der Waals surface area contributed by atoms with Crippen molar-refractivity contribution in [1.29, 1.82) is 0 Å². The summed E-state index contributed by atoms with van der Waals surface area (Å²) < 4.78 is 0. The summed E-state index contributed by atoms with van der Waals surface area (Å²) in [6.45, 7) is 4.44. The average Bonchev–Trinajstić information content (AvgIpc) is 2.91. The fourth-order valence-corrected chi connectivity index (χ4v) is 7.06. The zero-order valence-electron chi connectivity index (χ0n) is 15.6. The summed E-state index contributed by atoms with van der Waals surface area (Å²) in [7, 11) is 0. The van der Waals surface area contributed by atoms with Crippen LogP contribution in [0.25, 0.3) is 0 Å². The highest BCUT2D eigenvalue weighted by atomic mass is 32.2. The maximum Gasteiger partial charge on any atom is 0.155 e. The fourth-order valence-electron chi connectivity index (χ4n) is 6.28. The Labute approximate surface area is 155 Å². The Kier molecular flexibility index (Phi) is 4.50. The van der Waals surface area contributed by atoms with Crippen molar-refractivity contribution in [2.45, 2.75) is 65.2 Å². The minimum absolute atomic E-state index is 0.112. The van der Waals surface area contributed by atoms with Gasteiger partial charge in [0.25, 0.3) is 0 Å². The first-order chi connectivity index (χ1) is 12.0. The van der Waals surface area contributed by atoms with Gasteiger partial charge in [0.1, 0.15) is 5.78 Å². The molecule has 4 rings (SSSR count). The predicted octanol–water partition coefficient (Wildman–Crippen LogP) is 5.13. The first-order valence-electron chi connectivity index (χ1n) is 10.1. The molecular formula is C22H30O2S. The topological polar surface area (TPSA) is 34.1 Å². The van der Waals surface area contributed by atoms with Crippen LogP contribution in [0.4, 0.5) is 0 Å². The molecule has 0 aromatic rings. The third-order valence-corrected chi connectivity index (χ3v) is 8.57. The SMILES string of the molecule is CCSCC[C@]12CCC(=O)C=C1CC[C@@H]1C2=CC[C@]2(C)C(=O)CC[C@@H]12. The van der Waals surface area contributed by atoms with Gasteiger partial charge in [-0.05, 0) is 67.9 Å². The van der Waals surface area contributed by atoms with Gasteiger partial charge in [-0.3, -0.25) is 9.59 Å². The van der Waals surface area contributed by atoms with Crippen LogP contribution in [-0.4, -0.2) is 23.1 Å². The van der Waals surface area contributed by atoms with E-state index in [0.29, 0.717) is 29.8 Å². The third-order valence-electron chi connectivity index (χ3n) is 7.67. The Morgan fingerprint density at radius 3 is 2.84 bits per heavy atom. The van der Waals surface area contributed by atoms with E-state index >= 15 is 0 Å². The van der Waals surface area contributed by atoms with Crippen LogP contribution in [0.2, 0.25) is 0 Å². The number of Topliss-reactive ketones (excluding diaryl/α,β-unsaturated/α-hetero) is 1. The predicted molar refractivity (Wildman–Crippen MR) is 104 cm³/mol. The van der Waals surface area contributed by atoms with Crippen LogP contribution < -0.4 is 0 Å². The van der Waals surface area contributed by atoms with Crippen molar-refractivity contribution in [2.75, 3.05) is 11.5 Å². The van der Waals surface area contributed by atoms with Gasteiger partial charge in [-0.2, -0.15) is 11.8 Å². The summed E-state index contributed by atoms with van der Waals surface area (Å²) in [5.41, 5.74) is 3.05. The minimum Gasteiger partial charge on any atom is -0.299 e. The Morgan fingerprint density at radius 1 is 1.20 bits per heavy atom. The molecule has 0 aliphatic heterocycles. The van der Waals surface area contributed by atoms with Gasteiger partial charge in [0, 0.05) is 23.7 Å². The van der Waals surface area contributed by atoms with Gasteiger partial charge in [-0.25, -0.2) is 0 Å². The molecule has 0 aromatic heterocycles. The van der Waals surface area contributed by atoms with Crippen LogP contribution in [0.15, 0.2) is 23.3 Å². The summed E-state index contributed by atoms with van der Waals surface area (Å²) in [4.78, 5) is 24.6. The third kappa shape index (κ3) is 2.60. The highest BCUT2D eigenvalue weighted by molar-refractivity contribution is 7.99. The average molecular weight is 359 g/mol. The van der Waals surface area contributed by atoms with Crippen LogP contribution in [0.1, 0.15) is 65.2 Å². The Hall–Kier alpha value is -0.830. The molecule has 0 saturated heterocycles. The number of thioether (sulfide) groups is 1. The molecule has 0 spiro atoms. The molecule has 3 heteroatoms. The standard InChI is InChI=1S/C22H30O2S/c1-3-25-13-12-22-11-8-16(23)14-15(22)4-5-17-18-6-7-20(24)21(18,2)10-9-19(17)22/h9,14,17-18H,3-8,10-13H2,1-2H3/t17-,18-,21-,22+/m0/s1. The van der Waals surface area contributed by atoms with Crippen molar-refractivity contribution in [2.24, 2.45) is 22.7 Å². The number of fused-ring (bicyclic) bond motifs is 5. The Bertz CT molecular complexity index is 661. The number of ketones is 2. The molecule has 4 atom stereocenters. The van der Waals surface area contributed by atoms with Crippen LogP contribution >= 0.6 is 11.8 Å². The number of hydrogen-bond donors (Lipinski definition) is 0. The monoisotopic (exact) mass is 358 g/mol. The second kappa shape index (κ2) is 6.40. The molecule has 4 aliphatic carbocycles. The molecule has 2 saturated carbocycles. The summed E-state index contributed by atoms with van der Waals surface area (Å²) in [5, 5.41) is 0. The van der Waals surface area contributed by atoms with Crippen molar-refractivity contribution >= 4 is 23.3 Å². The number of allylic oxidation sites excluding steroid dienone is 4. The van der Waals surface area contributed by atoms with Crippen molar-refractivity contribution in [1.82, 2.24) is 0 Å². The zero-order valence-corrected chi connectivity index (χ0v) is 16.4. The fraction of sp³-hybridized carbons (Fsp3) is 0.727. The smallest absolute Gasteiger partial charge is 0.155 e. The summed E-state index contributed by atoms with van der Waals surface area (Å²) in [5.74, 6) is 4.25. The lowest BCUT2D eigenvalue weighted by Crippen LogP contribution is -2.46. The zero-order chi connectivity index (χ0) is 17.7. The van der Waals surface area contributed by atoms with E-state index < -0.39 is 0 Å². The molecule has 0 heterocycles. The lowest BCUT2D eigenvalue weighted by molar-refractivity contribution is -0.127. The van der Waals surface area contributed by atoms with Gasteiger partial charge in [-0.1, -0.05) is 31.1 Å². The summed E-state index contributed by atoms with van der Waals surface area (Å²) in [6.07, 6.45) is 12.3. The van der Waals surface area contributed by atoms with Gasteiger partial charge in [0.15, 0.2) is 5.78 Å². The number of hydrogen-bond acceptors (Lipinski definition) is 3. The second-order valence-corrected chi connectivity index (χ2v) is 10.1. The Morgan fingerprint density at radius 2 is 2.04 bits per heavy atom. The van der Waals surface area contributed by atoms with E-state index in [9.17, 15) is 9.59 Å². The molecular weight excluding hydrogens is 328 g/mol. The first kappa shape index (κ1) is 17.6. The molecule has 0 N–H and O–H groups in total. The molecule has 0 bridgehead atoms. The molecule has 0 aromatic carbocycles. The maximum atomic E-state index is 12.5. The highest BCUT2D eigenvalue weighted by Gasteiger charge is 2.56. The van der Waals surface area contributed by atoms with Gasteiger partial charge in [-0.15, -0.1) is 0 Å². The lowest BCUT2D eigenvalue weighted by atomic mass is 9.50. The molecule has 4 aliphatic rings. The number of carbonyl (C=O) groups is 2. The van der Waals surface area contributed by atoms with Crippen LogP contribution in [0.3, 0.4) is 0 Å². The molecule has 0 unspecified atom stereocenters. The van der Waals surface area contributed by atoms with Crippen molar-refractivity contribution < 1.29 is 9.59 Å². The minimum atomic E-state index is -0.112. The second-order valence-electron chi connectivity index (χ2n) is 8.66. The molecule has 2 fully saturated rings. The highest BCUT2D eigenvalue weighted by Crippen LogP contribution is 2.63. The van der Waals surface area contributed by atoms with E-state index in [4.69, 9.17) is 0 Å². The van der Waals surface area contributed by atoms with E-state index in [-0.39, 0.29) is 10.8 Å². The molecule has 25 heavy (non-hydrogen) atoms. The number of carbonyl (C=O) groups excluding carboxylic acids is 2. The quantitative estimate of drug-likeness (QED) is 0.516. The van der Waals surface area contributed by atoms with Gasteiger partial charge in [0.2, 0.25) is 0 Å². The van der Waals surface area contributed by atoms with Crippen molar-refractivity contribution in [3.8, 4) is 0 Å². The lowest BCUT2D eigenvalue weighted by Gasteiger charge is -2.53. The van der Waals surface area contributed by atoms with E-state index in [0.717, 1.165) is 44.3 Å². The maximum absolute atomic E-state index is 12.5. The summed E-state index contributed by atoms with van der Waals surface area (Å²) >= 11 is 2.02. The van der Waals surface area contributed by atoms with Gasteiger partial charge in [0.05, 0.1) is 0 Å². The molecule has 0 amide bonds. The van der Waals surface area contributed by atoms with E-state index in [1.54, 1.807) is 5.57 Å². The van der Waals surface area contributed by atoms with Crippen molar-refractivity contribution in [3.63, 3.8) is 0 Å². The van der Waals surface area contributed by atoms with Gasteiger partial charge >= 0.3 is 0 Å². The molecule has 2 nitrogen and oxygen atoms in total. The Balaban J connectivity index is 1.73. The van der Waals surface area contributed by atoms with E-state index in [1.165, 1.54) is 17.7 Å². The first-order valence-corrected chi connectivity index (χ1v) is 11.2. The number of rotatable bonds is 4. The summed E-state index contributed by atoms with van der Waals surface area (Å²) in [6, 6.07) is 0.